The van der Waals surface area contributed by atoms with Crippen molar-refractivity contribution in [2.45, 2.75) is 33.6 Å². The van der Waals surface area contributed by atoms with Crippen molar-refractivity contribution in [3.63, 3.8) is 0 Å². The van der Waals surface area contributed by atoms with Crippen LogP contribution in [-0.4, -0.2) is 12.6 Å². The van der Waals surface area contributed by atoms with Gasteiger partial charge in [-0.1, -0.05) is 27.2 Å². The minimum atomic E-state index is -0.186. The Labute approximate surface area is 75.3 Å². The van der Waals surface area contributed by atoms with E-state index in [1.54, 1.807) is 0 Å². The van der Waals surface area contributed by atoms with Gasteiger partial charge in [-0.2, -0.15) is 0 Å². The average molecular weight is 171 g/mol. The van der Waals surface area contributed by atoms with Gasteiger partial charge in [0, 0.05) is 0 Å². The largest absolute Gasteiger partial charge is 0.465 e. The molecule has 71 valence electrons. The van der Waals surface area contributed by atoms with Crippen LogP contribution < -0.4 is 0 Å². The Morgan fingerprint density at radius 2 is 2.08 bits per heavy atom. The highest BCUT2D eigenvalue weighted by Gasteiger charge is 2.13. The standard InChI is InChI=1S/C10H19O2/c1-5-6-9(4)10(11)12-7-8(2)3/h8-9H,4-7H2,1-3H3. The van der Waals surface area contributed by atoms with Crippen molar-refractivity contribution in [3.8, 4) is 0 Å². The molecule has 0 saturated heterocycles. The van der Waals surface area contributed by atoms with Gasteiger partial charge in [0.1, 0.15) is 0 Å². The first kappa shape index (κ1) is 11.5. The van der Waals surface area contributed by atoms with Crippen LogP contribution in [0.3, 0.4) is 0 Å². The van der Waals surface area contributed by atoms with Crippen LogP contribution in [-0.2, 0) is 9.53 Å². The molecule has 1 atom stereocenters. The second kappa shape index (κ2) is 6.04. The molecule has 0 aromatic rings. The van der Waals surface area contributed by atoms with Gasteiger partial charge >= 0.3 is 5.97 Å². The summed E-state index contributed by atoms with van der Waals surface area (Å²) in [4.78, 5) is 11.2. The van der Waals surface area contributed by atoms with Crippen LogP contribution in [0.2, 0.25) is 0 Å². The fourth-order valence-electron chi connectivity index (χ4n) is 0.833. The Morgan fingerprint density at radius 3 is 2.50 bits per heavy atom. The van der Waals surface area contributed by atoms with Crippen molar-refractivity contribution >= 4 is 5.97 Å². The summed E-state index contributed by atoms with van der Waals surface area (Å²) in [5, 5.41) is 0. The van der Waals surface area contributed by atoms with Gasteiger partial charge in [-0.05, 0) is 19.3 Å². The van der Waals surface area contributed by atoms with Crippen LogP contribution in [0.4, 0.5) is 0 Å². The minimum Gasteiger partial charge on any atom is -0.465 e. The summed E-state index contributed by atoms with van der Waals surface area (Å²) in [7, 11) is 0. The fourth-order valence-corrected chi connectivity index (χ4v) is 0.833. The maximum absolute atomic E-state index is 11.2. The molecule has 0 amide bonds. The van der Waals surface area contributed by atoms with Crippen molar-refractivity contribution in [1.29, 1.82) is 0 Å². The molecule has 1 radical (unpaired) electrons. The van der Waals surface area contributed by atoms with E-state index in [4.69, 9.17) is 4.74 Å². The summed E-state index contributed by atoms with van der Waals surface area (Å²) in [5.74, 6) is 0.0575. The molecule has 1 unspecified atom stereocenters. The summed E-state index contributed by atoms with van der Waals surface area (Å²) in [5.41, 5.74) is 0. The first-order valence-corrected chi connectivity index (χ1v) is 4.57. The van der Waals surface area contributed by atoms with Crippen LogP contribution in [0.1, 0.15) is 33.6 Å². The second-order valence-electron chi connectivity index (χ2n) is 3.51. The summed E-state index contributed by atoms with van der Waals surface area (Å²) in [6.45, 7) is 10.3. The van der Waals surface area contributed by atoms with Crippen LogP contribution >= 0.6 is 0 Å². The summed E-state index contributed by atoms with van der Waals surface area (Å²) in [6, 6.07) is 0. The fraction of sp³-hybridized carbons (Fsp3) is 0.800. The van der Waals surface area contributed by atoms with Crippen LogP contribution in [0.5, 0.6) is 0 Å². The molecule has 2 nitrogen and oxygen atoms in total. The summed E-state index contributed by atoms with van der Waals surface area (Å²) < 4.78 is 5.02. The molecule has 12 heavy (non-hydrogen) atoms. The van der Waals surface area contributed by atoms with Gasteiger partial charge in [0.25, 0.3) is 0 Å². The first-order chi connectivity index (χ1) is 5.57. The molecule has 0 fully saturated rings. The van der Waals surface area contributed by atoms with E-state index in [2.05, 4.69) is 6.92 Å². The molecule has 0 aromatic heterocycles. The third-order valence-corrected chi connectivity index (χ3v) is 1.53. The normalized spacial score (nSPS) is 13.1. The van der Waals surface area contributed by atoms with Gasteiger partial charge in [0.15, 0.2) is 0 Å². The smallest absolute Gasteiger partial charge is 0.308 e. The Hall–Kier alpha value is -0.530. The van der Waals surface area contributed by atoms with Crippen molar-refractivity contribution < 1.29 is 9.53 Å². The highest BCUT2D eigenvalue weighted by atomic mass is 16.5. The molecule has 0 aliphatic rings. The number of carbonyl (C=O) groups excluding carboxylic acids is 1. The first-order valence-electron chi connectivity index (χ1n) is 4.57. The van der Waals surface area contributed by atoms with E-state index < -0.39 is 0 Å². The van der Waals surface area contributed by atoms with E-state index in [1.165, 1.54) is 0 Å². The van der Waals surface area contributed by atoms with E-state index in [-0.39, 0.29) is 11.9 Å². The zero-order chi connectivity index (χ0) is 9.56. The molecule has 0 aromatic carbocycles. The lowest BCUT2D eigenvalue weighted by molar-refractivity contribution is -0.148. The maximum atomic E-state index is 11.2. The van der Waals surface area contributed by atoms with Gasteiger partial charge < -0.3 is 4.74 Å². The Morgan fingerprint density at radius 1 is 1.50 bits per heavy atom. The van der Waals surface area contributed by atoms with E-state index in [0.29, 0.717) is 12.5 Å². The third-order valence-electron chi connectivity index (χ3n) is 1.53. The van der Waals surface area contributed by atoms with Crippen LogP contribution in [0.15, 0.2) is 0 Å². The number of hydrogen-bond acceptors (Lipinski definition) is 2. The molecular weight excluding hydrogens is 152 g/mol. The van der Waals surface area contributed by atoms with Gasteiger partial charge in [0.2, 0.25) is 0 Å². The predicted octanol–water partition coefficient (Wildman–Crippen LogP) is 2.44. The predicted molar refractivity (Wildman–Crippen MR) is 49.6 cm³/mol. The van der Waals surface area contributed by atoms with Crippen molar-refractivity contribution in [2.75, 3.05) is 6.61 Å². The average Bonchev–Trinajstić information content (AvgIpc) is 2.00. The second-order valence-corrected chi connectivity index (χ2v) is 3.51. The molecule has 0 aliphatic heterocycles. The maximum Gasteiger partial charge on any atom is 0.308 e. The van der Waals surface area contributed by atoms with Crippen molar-refractivity contribution in [2.24, 2.45) is 11.8 Å². The Balaban J connectivity index is 3.57. The molecule has 2 heteroatoms. The molecule has 0 aliphatic carbocycles. The number of rotatable bonds is 5. The quantitative estimate of drug-likeness (QED) is 0.594. The lowest BCUT2D eigenvalue weighted by Gasteiger charge is -2.11. The van der Waals surface area contributed by atoms with Gasteiger partial charge in [-0.15, -0.1) is 0 Å². The molecular formula is C10H19O2. The molecule has 0 bridgehead atoms. The van der Waals surface area contributed by atoms with E-state index in [0.717, 1.165) is 12.8 Å². The molecule has 0 spiro atoms. The van der Waals surface area contributed by atoms with E-state index in [1.807, 2.05) is 20.8 Å². The van der Waals surface area contributed by atoms with Crippen LogP contribution in [0, 0.1) is 18.8 Å². The number of esters is 1. The number of hydrogen-bond donors (Lipinski definition) is 0. The van der Waals surface area contributed by atoms with Gasteiger partial charge in [-0.3, -0.25) is 4.79 Å². The summed E-state index contributed by atoms with van der Waals surface area (Å²) in [6.07, 6.45) is 1.79. The lowest BCUT2D eigenvalue weighted by atomic mass is 10.1. The topological polar surface area (TPSA) is 26.3 Å². The van der Waals surface area contributed by atoms with E-state index >= 15 is 0 Å². The highest BCUT2D eigenvalue weighted by molar-refractivity contribution is 5.72. The van der Waals surface area contributed by atoms with Crippen molar-refractivity contribution in [3.05, 3.63) is 6.92 Å². The SMILES string of the molecule is [CH2]C(CCC)C(=O)OCC(C)C. The lowest BCUT2D eigenvalue weighted by Crippen LogP contribution is -2.17. The highest BCUT2D eigenvalue weighted by Crippen LogP contribution is 2.07. The Kier molecular flexibility index (Phi) is 5.77. The molecule has 0 saturated carbocycles. The number of carbonyl (C=O) groups is 1. The molecule has 0 rings (SSSR count). The zero-order valence-electron chi connectivity index (χ0n) is 8.30. The van der Waals surface area contributed by atoms with Crippen LogP contribution in [0.25, 0.3) is 0 Å². The van der Waals surface area contributed by atoms with Gasteiger partial charge in [-0.25, -0.2) is 0 Å². The van der Waals surface area contributed by atoms with Gasteiger partial charge in [0.05, 0.1) is 12.5 Å². The Bertz CT molecular complexity index is 130. The number of ether oxygens (including phenoxy) is 1. The molecule has 0 heterocycles. The minimum absolute atomic E-state index is 0.162. The third kappa shape index (κ3) is 5.16. The molecule has 0 N–H and O–H groups in total. The summed E-state index contributed by atoms with van der Waals surface area (Å²) >= 11 is 0. The monoisotopic (exact) mass is 171 g/mol. The van der Waals surface area contributed by atoms with Crippen molar-refractivity contribution in [1.82, 2.24) is 0 Å². The van der Waals surface area contributed by atoms with E-state index in [9.17, 15) is 4.79 Å². The zero-order valence-corrected chi connectivity index (χ0v) is 8.30.